The maximum absolute atomic E-state index is 12.9. The zero-order valence-corrected chi connectivity index (χ0v) is 20.1. The summed E-state index contributed by atoms with van der Waals surface area (Å²) >= 11 is 0. The monoisotopic (exact) mass is 509 g/mol. The van der Waals surface area contributed by atoms with E-state index in [-0.39, 0.29) is 23.8 Å². The van der Waals surface area contributed by atoms with Gasteiger partial charge in [-0.05, 0) is 31.0 Å². The summed E-state index contributed by atoms with van der Waals surface area (Å²) in [5.41, 5.74) is 2.28. The van der Waals surface area contributed by atoms with Gasteiger partial charge >= 0.3 is 12.6 Å². The molecule has 11 heteroatoms. The summed E-state index contributed by atoms with van der Waals surface area (Å²) in [6.07, 6.45) is 4.44. The molecule has 0 unspecified atom stereocenters. The van der Waals surface area contributed by atoms with Gasteiger partial charge in [0.15, 0.2) is 0 Å². The van der Waals surface area contributed by atoms with Crippen LogP contribution in [0.5, 0.6) is 5.75 Å². The normalized spacial score (nSPS) is 14.4. The third-order valence-electron chi connectivity index (χ3n) is 6.77. The average molecular weight is 510 g/mol. The van der Waals surface area contributed by atoms with Crippen LogP contribution in [0.25, 0.3) is 22.2 Å². The summed E-state index contributed by atoms with van der Waals surface area (Å²) < 4.78 is 33.6. The van der Waals surface area contributed by atoms with Crippen LogP contribution < -0.4 is 15.2 Å². The summed E-state index contributed by atoms with van der Waals surface area (Å²) in [7, 11) is 1.63. The number of carboxylic acids is 1. The van der Waals surface area contributed by atoms with Crippen LogP contribution in [0.2, 0.25) is 0 Å². The fourth-order valence-electron chi connectivity index (χ4n) is 4.72. The lowest BCUT2D eigenvalue weighted by Crippen LogP contribution is -2.36. The molecule has 0 aliphatic carbocycles. The maximum atomic E-state index is 12.9. The minimum Gasteiger partial charge on any atom is -0.481 e. The number of piperidine rings is 1. The molecular weight excluding hydrogens is 484 g/mol. The minimum atomic E-state index is -2.96. The van der Waals surface area contributed by atoms with Crippen LogP contribution in [0.15, 0.2) is 59.7 Å². The molecule has 2 aromatic heterocycles. The molecule has 1 fully saturated rings. The number of halogens is 2. The molecule has 0 saturated carbocycles. The Labute approximate surface area is 210 Å². The number of fused-ring (bicyclic) bond motifs is 1. The first-order chi connectivity index (χ1) is 17.8. The molecule has 4 aromatic rings. The third-order valence-corrected chi connectivity index (χ3v) is 6.77. The number of para-hydroxylation sites is 1. The Bertz CT molecular complexity index is 1490. The zero-order chi connectivity index (χ0) is 26.1. The van der Waals surface area contributed by atoms with E-state index in [1.54, 1.807) is 54.5 Å². The van der Waals surface area contributed by atoms with E-state index in [1.165, 1.54) is 10.7 Å². The fourth-order valence-corrected chi connectivity index (χ4v) is 4.72. The van der Waals surface area contributed by atoms with E-state index in [4.69, 9.17) is 0 Å². The van der Waals surface area contributed by atoms with Crippen molar-refractivity contribution in [1.29, 1.82) is 0 Å². The van der Waals surface area contributed by atoms with Crippen molar-refractivity contribution < 1.29 is 23.4 Å². The molecule has 1 N–H and O–H groups in total. The number of hydrogen-bond donors (Lipinski definition) is 1. The third kappa shape index (κ3) is 4.89. The number of nitrogens with zero attached hydrogens (tertiary/aromatic N) is 5. The van der Waals surface area contributed by atoms with Crippen molar-refractivity contribution in [3.8, 4) is 17.0 Å². The maximum Gasteiger partial charge on any atom is 0.387 e. The lowest BCUT2D eigenvalue weighted by molar-refractivity contribution is -0.142. The number of rotatable bonds is 7. The van der Waals surface area contributed by atoms with Crippen LogP contribution in [0.1, 0.15) is 18.4 Å². The van der Waals surface area contributed by atoms with Gasteiger partial charge in [0.25, 0.3) is 5.56 Å². The van der Waals surface area contributed by atoms with Gasteiger partial charge in [0.1, 0.15) is 11.6 Å². The molecule has 37 heavy (non-hydrogen) atoms. The lowest BCUT2D eigenvalue weighted by atomic mass is 9.97. The number of carboxylic acid groups (broad SMARTS) is 1. The molecule has 0 spiro atoms. The molecule has 192 valence electrons. The summed E-state index contributed by atoms with van der Waals surface area (Å²) in [5, 5.41) is 9.69. The van der Waals surface area contributed by atoms with E-state index in [9.17, 15) is 23.5 Å². The van der Waals surface area contributed by atoms with Gasteiger partial charge in [-0.2, -0.15) is 8.78 Å². The van der Waals surface area contributed by atoms with Crippen molar-refractivity contribution in [3.05, 3.63) is 70.8 Å². The Hall–Kier alpha value is -4.28. The lowest BCUT2D eigenvalue weighted by Gasteiger charge is -2.30. The van der Waals surface area contributed by atoms with E-state index in [2.05, 4.69) is 14.7 Å². The number of aliphatic carboxylic acids is 1. The van der Waals surface area contributed by atoms with E-state index in [0.717, 1.165) is 5.56 Å². The molecule has 0 atom stereocenters. The molecule has 0 bridgehead atoms. The van der Waals surface area contributed by atoms with E-state index in [0.29, 0.717) is 53.9 Å². The highest BCUT2D eigenvalue weighted by molar-refractivity contribution is 5.84. The second kappa shape index (κ2) is 10.00. The highest BCUT2D eigenvalue weighted by atomic mass is 19.3. The number of ether oxygens (including phenoxy) is 1. The predicted molar refractivity (Wildman–Crippen MR) is 133 cm³/mol. The van der Waals surface area contributed by atoms with Crippen LogP contribution in [0, 0.1) is 5.92 Å². The van der Waals surface area contributed by atoms with Gasteiger partial charge in [0, 0.05) is 31.3 Å². The van der Waals surface area contributed by atoms with Gasteiger partial charge in [-0.1, -0.05) is 24.3 Å². The van der Waals surface area contributed by atoms with Crippen molar-refractivity contribution in [1.82, 2.24) is 19.3 Å². The molecule has 1 aliphatic heterocycles. The summed E-state index contributed by atoms with van der Waals surface area (Å²) in [5.74, 6) is -0.355. The van der Waals surface area contributed by atoms with Crippen molar-refractivity contribution >= 4 is 22.7 Å². The van der Waals surface area contributed by atoms with Crippen molar-refractivity contribution in [2.45, 2.75) is 26.0 Å². The molecular formula is C26H25F2N5O4. The van der Waals surface area contributed by atoms with Gasteiger partial charge in [0.05, 0.1) is 41.5 Å². The Balaban J connectivity index is 1.43. The van der Waals surface area contributed by atoms with Crippen molar-refractivity contribution in [2.24, 2.45) is 13.0 Å². The van der Waals surface area contributed by atoms with Crippen LogP contribution >= 0.6 is 0 Å². The number of hydrogen-bond acceptors (Lipinski definition) is 6. The topological polar surface area (TPSA) is 102 Å². The van der Waals surface area contributed by atoms with Crippen LogP contribution in [-0.2, 0) is 18.4 Å². The molecule has 1 aliphatic rings. The first-order valence-electron chi connectivity index (χ1n) is 11.8. The standard InChI is InChI=1S/C26H25F2N5O4/c1-31-24(34)19-7-6-17(12-21(19)33(31)15-18-4-2-3-5-22(18)37-26(27)28)20-13-30-23(14-29-20)32-10-8-16(9-11-32)25(35)36/h2-7,12-14,16,26H,8-11,15H2,1H3,(H,35,36). The highest BCUT2D eigenvalue weighted by Gasteiger charge is 2.25. The van der Waals surface area contributed by atoms with E-state index in [1.807, 2.05) is 11.0 Å². The first-order valence-corrected chi connectivity index (χ1v) is 11.8. The molecule has 0 radical (unpaired) electrons. The van der Waals surface area contributed by atoms with Gasteiger partial charge in [-0.25, -0.2) is 4.98 Å². The number of anilines is 1. The summed E-state index contributed by atoms with van der Waals surface area (Å²) in [4.78, 5) is 35.2. The smallest absolute Gasteiger partial charge is 0.387 e. The van der Waals surface area contributed by atoms with Gasteiger partial charge in [0.2, 0.25) is 0 Å². The van der Waals surface area contributed by atoms with Crippen LogP contribution in [0.4, 0.5) is 14.6 Å². The second-order valence-electron chi connectivity index (χ2n) is 8.96. The van der Waals surface area contributed by atoms with E-state index < -0.39 is 12.6 Å². The first kappa shape index (κ1) is 24.4. The average Bonchev–Trinajstić information content (AvgIpc) is 3.14. The number of aromatic nitrogens is 4. The van der Waals surface area contributed by atoms with Gasteiger partial charge < -0.3 is 14.7 Å². The van der Waals surface area contributed by atoms with Crippen molar-refractivity contribution in [3.63, 3.8) is 0 Å². The molecule has 9 nitrogen and oxygen atoms in total. The molecule has 5 rings (SSSR count). The second-order valence-corrected chi connectivity index (χ2v) is 8.96. The van der Waals surface area contributed by atoms with Crippen LogP contribution in [-0.4, -0.2) is 50.1 Å². The Morgan fingerprint density at radius 2 is 1.89 bits per heavy atom. The van der Waals surface area contributed by atoms with Gasteiger partial charge in [-0.3, -0.25) is 23.9 Å². The van der Waals surface area contributed by atoms with Gasteiger partial charge in [-0.15, -0.1) is 0 Å². The van der Waals surface area contributed by atoms with Crippen LogP contribution in [0.3, 0.4) is 0 Å². The Morgan fingerprint density at radius 3 is 2.57 bits per heavy atom. The highest BCUT2D eigenvalue weighted by Crippen LogP contribution is 2.27. The number of benzene rings is 2. The predicted octanol–water partition coefficient (Wildman–Crippen LogP) is 3.75. The fraction of sp³-hybridized carbons (Fsp3) is 0.308. The quantitative estimate of drug-likeness (QED) is 0.405. The Kier molecular flexibility index (Phi) is 6.60. The number of carbonyl (C=O) groups is 1. The molecule has 3 heterocycles. The zero-order valence-electron chi connectivity index (χ0n) is 20.1. The minimum absolute atomic E-state index is 0.0526. The molecule has 2 aromatic carbocycles. The molecule has 0 amide bonds. The van der Waals surface area contributed by atoms with E-state index >= 15 is 0 Å². The Morgan fingerprint density at radius 1 is 1.14 bits per heavy atom. The largest absolute Gasteiger partial charge is 0.481 e. The van der Waals surface area contributed by atoms with Crippen molar-refractivity contribution in [2.75, 3.05) is 18.0 Å². The summed E-state index contributed by atoms with van der Waals surface area (Å²) in [6.45, 7) is -1.60. The molecule has 1 saturated heterocycles. The number of alkyl halides is 2. The SMILES string of the molecule is Cn1c(=O)c2ccc(-c3cnc(N4CCC(C(=O)O)CC4)cn3)cc2n1Cc1ccccc1OC(F)F. The summed E-state index contributed by atoms with van der Waals surface area (Å²) in [6, 6.07) is 11.8.